The summed E-state index contributed by atoms with van der Waals surface area (Å²) in [5, 5.41) is 2.00. The van der Waals surface area contributed by atoms with Crippen molar-refractivity contribution in [2.24, 2.45) is 0 Å². The van der Waals surface area contributed by atoms with Crippen LogP contribution < -0.4 is 5.32 Å². The Hall–Kier alpha value is -1.40. The molecule has 0 aromatic heterocycles. The van der Waals surface area contributed by atoms with Crippen molar-refractivity contribution in [2.75, 3.05) is 5.32 Å². The largest absolute Gasteiger partial charge is 0.416 e. The molecule has 0 bridgehead atoms. The van der Waals surface area contributed by atoms with Gasteiger partial charge in [-0.25, -0.2) is 0 Å². The van der Waals surface area contributed by atoms with E-state index in [1.165, 1.54) is 0 Å². The van der Waals surface area contributed by atoms with Crippen molar-refractivity contribution in [1.29, 1.82) is 0 Å². The van der Waals surface area contributed by atoms with Gasteiger partial charge in [-0.2, -0.15) is 26.3 Å². The number of benzene rings is 1. The maximum atomic E-state index is 12.3. The first-order valence-electron chi connectivity index (χ1n) is 3.97. The lowest BCUT2D eigenvalue weighted by molar-refractivity contribution is -0.143. The minimum Gasteiger partial charge on any atom is -0.383 e. The maximum absolute atomic E-state index is 12.3. The van der Waals surface area contributed by atoms with Gasteiger partial charge in [0.2, 0.25) is 0 Å². The van der Waals surface area contributed by atoms with Gasteiger partial charge in [0, 0.05) is 12.7 Å². The van der Waals surface area contributed by atoms with E-state index in [9.17, 15) is 26.3 Å². The minimum atomic E-state index is -4.83. The molecule has 1 rings (SSSR count). The van der Waals surface area contributed by atoms with Crippen molar-refractivity contribution in [3.63, 3.8) is 0 Å². The van der Waals surface area contributed by atoms with Gasteiger partial charge in [0.1, 0.15) is 0 Å². The Balaban J connectivity index is 3.33. The molecular weight excluding hydrogens is 236 g/mol. The summed E-state index contributed by atoms with van der Waals surface area (Å²) in [4.78, 5) is 0. The first kappa shape index (κ1) is 12.7. The molecule has 0 aliphatic carbocycles. The van der Waals surface area contributed by atoms with Crippen LogP contribution in [-0.4, -0.2) is 0 Å². The first-order valence-corrected chi connectivity index (χ1v) is 3.97. The van der Waals surface area contributed by atoms with Crippen LogP contribution in [0.15, 0.2) is 18.2 Å². The second-order valence-electron chi connectivity index (χ2n) is 2.97. The number of rotatable bonds is 1. The highest BCUT2D eigenvalue weighted by Gasteiger charge is 2.36. The van der Waals surface area contributed by atoms with Gasteiger partial charge in [-0.05, 0) is 18.2 Å². The molecule has 89 valence electrons. The number of hydrogen-bond acceptors (Lipinski definition) is 1. The van der Waals surface area contributed by atoms with Crippen LogP contribution in [0.5, 0.6) is 0 Å². The Morgan fingerprint density at radius 1 is 0.812 bits per heavy atom. The number of nitrogens with one attached hydrogen (secondary N) is 1. The number of alkyl halides is 6. The molecule has 0 amide bonds. The molecule has 1 radical (unpaired) electrons. The number of anilines is 1. The smallest absolute Gasteiger partial charge is 0.383 e. The Labute approximate surface area is 87.1 Å². The number of halogens is 6. The topological polar surface area (TPSA) is 12.0 Å². The van der Waals surface area contributed by atoms with Crippen molar-refractivity contribution in [3.05, 3.63) is 36.4 Å². The second-order valence-corrected chi connectivity index (χ2v) is 2.97. The third-order valence-electron chi connectivity index (χ3n) is 1.79. The zero-order chi connectivity index (χ0) is 12.6. The zero-order valence-electron chi connectivity index (χ0n) is 7.71. The van der Waals surface area contributed by atoms with E-state index in [0.29, 0.717) is 12.1 Å². The van der Waals surface area contributed by atoms with Crippen LogP contribution in [-0.2, 0) is 12.4 Å². The summed E-state index contributed by atoms with van der Waals surface area (Å²) in [5.74, 6) is 0. The number of hydrogen-bond donors (Lipinski definition) is 1. The van der Waals surface area contributed by atoms with Crippen LogP contribution in [0.25, 0.3) is 0 Å². The normalized spacial score (nSPS) is 12.7. The van der Waals surface area contributed by atoms with Crippen molar-refractivity contribution < 1.29 is 26.3 Å². The van der Waals surface area contributed by atoms with Crippen molar-refractivity contribution in [1.82, 2.24) is 0 Å². The van der Waals surface area contributed by atoms with E-state index in [0.717, 1.165) is 0 Å². The average molecular weight is 242 g/mol. The quantitative estimate of drug-likeness (QED) is 0.736. The van der Waals surface area contributed by atoms with Gasteiger partial charge in [0.05, 0.1) is 11.1 Å². The molecule has 0 aliphatic heterocycles. The molecule has 0 spiro atoms. The van der Waals surface area contributed by atoms with Crippen LogP contribution in [0, 0.1) is 7.05 Å². The van der Waals surface area contributed by atoms with Gasteiger partial charge >= 0.3 is 12.4 Å². The molecule has 1 N–H and O–H groups in total. The Morgan fingerprint density at radius 3 is 1.44 bits per heavy atom. The molecule has 0 aliphatic rings. The van der Waals surface area contributed by atoms with Gasteiger partial charge in [0.15, 0.2) is 0 Å². The highest BCUT2D eigenvalue weighted by molar-refractivity contribution is 5.50. The fraction of sp³-hybridized carbons (Fsp3) is 0.222. The lowest BCUT2D eigenvalue weighted by Crippen LogP contribution is -2.11. The van der Waals surface area contributed by atoms with E-state index in [2.05, 4.69) is 7.05 Å². The van der Waals surface area contributed by atoms with Crippen LogP contribution >= 0.6 is 0 Å². The summed E-state index contributed by atoms with van der Waals surface area (Å²) in [5.41, 5.74) is -3.08. The lowest BCUT2D eigenvalue weighted by Gasteiger charge is -2.13. The lowest BCUT2D eigenvalue weighted by atomic mass is 10.1. The summed E-state index contributed by atoms with van der Waals surface area (Å²) in [7, 11) is 3.02. The minimum absolute atomic E-state index is 0.0564. The van der Waals surface area contributed by atoms with Crippen molar-refractivity contribution in [3.8, 4) is 0 Å². The summed E-state index contributed by atoms with van der Waals surface area (Å²) < 4.78 is 73.5. The molecule has 0 atom stereocenters. The SMILES string of the molecule is [CH2]Nc1cc(C(F)(F)F)cc(C(F)(F)F)c1. The van der Waals surface area contributed by atoms with Crippen LogP contribution in [0.2, 0.25) is 0 Å². The van der Waals surface area contributed by atoms with E-state index in [4.69, 9.17) is 0 Å². The predicted molar refractivity (Wildman–Crippen MR) is 45.4 cm³/mol. The molecule has 7 heteroatoms. The van der Waals surface area contributed by atoms with Crippen LogP contribution in [0.4, 0.5) is 32.0 Å². The summed E-state index contributed by atoms with van der Waals surface area (Å²) in [6.07, 6.45) is -9.65. The first-order chi connectivity index (χ1) is 7.14. The van der Waals surface area contributed by atoms with Crippen LogP contribution in [0.3, 0.4) is 0 Å². The summed E-state index contributed by atoms with van der Waals surface area (Å²) >= 11 is 0. The van der Waals surface area contributed by atoms with Crippen molar-refractivity contribution in [2.45, 2.75) is 12.4 Å². The summed E-state index contributed by atoms with van der Waals surface area (Å²) in [6.45, 7) is 0. The van der Waals surface area contributed by atoms with Crippen LogP contribution in [0.1, 0.15) is 11.1 Å². The monoisotopic (exact) mass is 242 g/mol. The fourth-order valence-corrected chi connectivity index (χ4v) is 1.06. The molecule has 0 unspecified atom stereocenters. The van der Waals surface area contributed by atoms with Gasteiger partial charge in [0.25, 0.3) is 0 Å². The zero-order valence-corrected chi connectivity index (χ0v) is 7.71. The molecule has 0 fully saturated rings. The molecule has 1 aromatic rings. The molecule has 0 heterocycles. The van der Waals surface area contributed by atoms with E-state index in [1.807, 2.05) is 5.32 Å². The molecule has 16 heavy (non-hydrogen) atoms. The van der Waals surface area contributed by atoms with E-state index < -0.39 is 23.5 Å². The highest BCUT2D eigenvalue weighted by atomic mass is 19.4. The molecule has 1 aromatic carbocycles. The third-order valence-corrected chi connectivity index (χ3v) is 1.79. The maximum Gasteiger partial charge on any atom is 0.416 e. The summed E-state index contributed by atoms with van der Waals surface area (Å²) in [6, 6.07) is 1.17. The van der Waals surface area contributed by atoms with Gasteiger partial charge in [-0.15, -0.1) is 0 Å². The Kier molecular flexibility index (Phi) is 3.07. The van der Waals surface area contributed by atoms with Gasteiger partial charge in [-0.1, -0.05) is 0 Å². The molecule has 0 saturated carbocycles. The van der Waals surface area contributed by atoms with Crippen molar-refractivity contribution >= 4 is 5.69 Å². The second kappa shape index (κ2) is 3.88. The van der Waals surface area contributed by atoms with E-state index in [1.54, 1.807) is 0 Å². The van der Waals surface area contributed by atoms with E-state index in [-0.39, 0.29) is 11.8 Å². The highest BCUT2D eigenvalue weighted by Crippen LogP contribution is 2.37. The van der Waals surface area contributed by atoms with Gasteiger partial charge < -0.3 is 5.32 Å². The standard InChI is InChI=1S/C9H6F6N/c1-16-7-3-5(8(10,11)12)2-6(4-7)9(13,14)15/h2-4,16H,1H2. The predicted octanol–water partition coefficient (Wildman–Crippen LogP) is 3.93. The van der Waals surface area contributed by atoms with Gasteiger partial charge in [-0.3, -0.25) is 0 Å². The fourth-order valence-electron chi connectivity index (χ4n) is 1.06. The molecule has 1 nitrogen and oxygen atoms in total. The Morgan fingerprint density at radius 2 is 1.19 bits per heavy atom. The third kappa shape index (κ3) is 2.80. The van der Waals surface area contributed by atoms with E-state index >= 15 is 0 Å². The average Bonchev–Trinajstić information content (AvgIpc) is 2.14. The molecule has 0 saturated heterocycles. The Bertz CT molecular complexity index is 346. The molecular formula is C9H6F6N.